The number of nitrogens with zero attached hydrogens (tertiary/aromatic N) is 2. The summed E-state index contributed by atoms with van der Waals surface area (Å²) in [4.78, 5) is 14.1. The molecule has 2 heterocycles. The average Bonchev–Trinajstić information content (AvgIpc) is 2.59. The van der Waals surface area contributed by atoms with Crippen LogP contribution in [-0.4, -0.2) is 49.0 Å². The van der Waals surface area contributed by atoms with Crippen LogP contribution in [0.25, 0.3) is 0 Å². The number of aromatic hydroxyl groups is 1. The van der Waals surface area contributed by atoms with Crippen LogP contribution in [0.5, 0.6) is 5.75 Å². The molecule has 2 aliphatic heterocycles. The van der Waals surface area contributed by atoms with Gasteiger partial charge in [-0.15, -0.1) is 0 Å². The van der Waals surface area contributed by atoms with Gasteiger partial charge >= 0.3 is 138 Å². The van der Waals surface area contributed by atoms with Gasteiger partial charge < -0.3 is 0 Å². The van der Waals surface area contributed by atoms with E-state index in [2.05, 4.69) is 9.97 Å². The molecule has 9 heteroatoms. The second-order valence-electron chi connectivity index (χ2n) is 5.76. The fourth-order valence-electron chi connectivity index (χ4n) is 3.28. The molecule has 2 aliphatic rings. The van der Waals surface area contributed by atoms with Crippen LogP contribution in [0.2, 0.25) is 0 Å². The summed E-state index contributed by atoms with van der Waals surface area (Å²) >= 11 is 0. The van der Waals surface area contributed by atoms with Crippen molar-refractivity contribution in [2.45, 2.75) is 12.0 Å². The summed E-state index contributed by atoms with van der Waals surface area (Å²) < 4.78 is 24.6. The number of phenolic OH excluding ortho intramolecular Hbond substituents is 1. The zero-order valence-electron chi connectivity index (χ0n) is 13.0. The first-order chi connectivity index (χ1) is 11.5. The Hall–Kier alpha value is -2.60. The van der Waals surface area contributed by atoms with E-state index in [4.69, 9.17) is 10.00 Å². The molecule has 0 bridgehead atoms. The molecule has 0 aromatic heterocycles. The van der Waals surface area contributed by atoms with Crippen LogP contribution in [-0.2, 0) is 19.7 Å². The summed E-state index contributed by atoms with van der Waals surface area (Å²) in [6.07, 6.45) is 1.90. The zero-order chi connectivity index (χ0) is 17.3. The minimum absolute atomic E-state index is 0.0432. The van der Waals surface area contributed by atoms with Crippen molar-refractivity contribution in [3.05, 3.63) is 29.6 Å². The molecule has 1 aromatic rings. The minimum atomic E-state index is -1.19. The molecule has 2 fully saturated rings. The van der Waals surface area contributed by atoms with Crippen LogP contribution in [0.1, 0.15) is 12.0 Å². The zero-order valence-corrected chi connectivity index (χ0v) is 13.0. The van der Waals surface area contributed by atoms with Gasteiger partial charge in [-0.25, -0.2) is 0 Å². The number of phenols is 1. The van der Waals surface area contributed by atoms with Crippen molar-refractivity contribution >= 4 is 18.7 Å². The predicted octanol–water partition coefficient (Wildman–Crippen LogP) is 0.0290. The number of rotatable bonds is 2. The predicted molar refractivity (Wildman–Crippen MR) is 82.0 cm³/mol. The quantitative estimate of drug-likeness (QED) is 0.586. The molecule has 24 heavy (non-hydrogen) atoms. The molecule has 0 spiro atoms. The van der Waals surface area contributed by atoms with Crippen molar-refractivity contribution in [3.8, 4) is 12.0 Å². The van der Waals surface area contributed by atoms with E-state index in [0.29, 0.717) is 13.0 Å². The van der Waals surface area contributed by atoms with Crippen molar-refractivity contribution < 1.29 is 23.7 Å². The molecule has 2 unspecified atom stereocenters. The summed E-state index contributed by atoms with van der Waals surface area (Å²) in [7, 11) is 2.63. The van der Waals surface area contributed by atoms with Gasteiger partial charge in [0, 0.05) is 0 Å². The molecule has 2 N–H and O–H groups in total. The van der Waals surface area contributed by atoms with E-state index < -0.39 is 17.3 Å². The molecule has 7 nitrogen and oxygen atoms in total. The van der Waals surface area contributed by atoms with Crippen LogP contribution >= 0.6 is 0 Å². The second kappa shape index (κ2) is 6.13. The van der Waals surface area contributed by atoms with Gasteiger partial charge in [-0.2, -0.15) is 0 Å². The number of carbonyl (C=O) groups excluding carboxylic acids is 1. The Morgan fingerprint density at radius 1 is 1.62 bits per heavy atom. The third kappa shape index (κ3) is 2.49. The summed E-state index contributed by atoms with van der Waals surface area (Å²) in [5.41, 5.74) is -0.836. The number of ether oxygens (including phenoxy) is 1. The van der Waals surface area contributed by atoms with E-state index in [9.17, 15) is 14.3 Å². The Labute approximate surface area is 138 Å². The van der Waals surface area contributed by atoms with E-state index in [1.807, 2.05) is 0 Å². The molecule has 2 saturated heterocycles. The van der Waals surface area contributed by atoms with Gasteiger partial charge in [-0.3, -0.25) is 0 Å². The van der Waals surface area contributed by atoms with Crippen molar-refractivity contribution in [2.24, 2.45) is 5.92 Å². The molecule has 1 amide bonds. The van der Waals surface area contributed by atoms with E-state index >= 15 is 0 Å². The Morgan fingerprint density at radius 2 is 2.42 bits per heavy atom. The summed E-state index contributed by atoms with van der Waals surface area (Å²) in [6.45, 7) is 0.420. The number of amides is 1. The number of hydrogen-bond donors (Lipinski definition) is 2. The molecule has 1 aromatic carbocycles. The van der Waals surface area contributed by atoms with Gasteiger partial charge in [0.1, 0.15) is 0 Å². The Kier molecular flexibility index (Phi) is 4.16. The molecule has 0 saturated carbocycles. The Balaban J connectivity index is 2.14. The van der Waals surface area contributed by atoms with Gasteiger partial charge in [0.15, 0.2) is 0 Å². The Morgan fingerprint density at radius 3 is 3.17 bits per heavy atom. The van der Waals surface area contributed by atoms with Crippen molar-refractivity contribution in [2.75, 3.05) is 20.3 Å². The SMILES string of the molecule is CN1C(=O)C2CCOCC2(c2cc(O)ccc2F)NC1=BOC#N. The van der Waals surface area contributed by atoms with E-state index in [-0.39, 0.29) is 29.5 Å². The third-order valence-corrected chi connectivity index (χ3v) is 4.47. The number of nitrogens with one attached hydrogen (secondary N) is 1. The van der Waals surface area contributed by atoms with Crippen LogP contribution < -0.4 is 5.32 Å². The van der Waals surface area contributed by atoms with Crippen LogP contribution in [0.3, 0.4) is 0 Å². The number of fused-ring (bicyclic) bond motifs is 1. The molecule has 2 atom stereocenters. The average molecular weight is 331 g/mol. The fraction of sp³-hybridized carbons (Fsp3) is 0.400. The summed E-state index contributed by atoms with van der Waals surface area (Å²) in [5.74, 6) is -1.50. The molecular weight excluding hydrogens is 316 g/mol. The van der Waals surface area contributed by atoms with Crippen LogP contribution in [0.4, 0.5) is 4.39 Å². The number of nitriles is 1. The van der Waals surface area contributed by atoms with Crippen molar-refractivity contribution in [1.82, 2.24) is 10.2 Å². The fourth-order valence-corrected chi connectivity index (χ4v) is 3.28. The van der Waals surface area contributed by atoms with Gasteiger partial charge in [-0.1, -0.05) is 0 Å². The first kappa shape index (κ1) is 16.3. The maximum atomic E-state index is 14.5. The topological polar surface area (TPSA) is 94.8 Å². The molecule has 0 radical (unpaired) electrons. The molecule has 0 aliphatic carbocycles. The molecule has 3 rings (SSSR count). The first-order valence-corrected chi connectivity index (χ1v) is 7.37. The molecular formula is C15H15BFN3O4. The number of benzene rings is 1. The standard InChI is InChI=1S/C15H15BFN3O4/c1-20-13(22)10-4-5-23-7-15(10,19-14(20)16-24-8-18)11-6-9(21)2-3-12(11)17/h2-3,6,10,19,21H,4-5,7H2,1H3. The second-order valence-corrected chi connectivity index (χ2v) is 5.76. The van der Waals surface area contributed by atoms with Crippen LogP contribution in [0, 0.1) is 23.3 Å². The van der Waals surface area contributed by atoms with Gasteiger partial charge in [-0.05, 0) is 0 Å². The number of hydrogen-bond acceptors (Lipinski definition) is 6. The van der Waals surface area contributed by atoms with Crippen molar-refractivity contribution in [1.29, 1.82) is 5.26 Å². The monoisotopic (exact) mass is 331 g/mol. The Bertz CT molecular complexity index is 751. The normalized spacial score (nSPS) is 27.7. The van der Waals surface area contributed by atoms with Gasteiger partial charge in [0.2, 0.25) is 0 Å². The maximum absolute atomic E-state index is 14.5. The summed E-state index contributed by atoms with van der Waals surface area (Å²) in [6, 6.07) is 3.66. The van der Waals surface area contributed by atoms with Crippen LogP contribution in [0.15, 0.2) is 18.2 Å². The first-order valence-electron chi connectivity index (χ1n) is 7.37. The third-order valence-electron chi connectivity index (χ3n) is 4.47. The molecule has 124 valence electrons. The number of halogens is 1. The van der Waals surface area contributed by atoms with E-state index in [1.165, 1.54) is 23.3 Å². The van der Waals surface area contributed by atoms with E-state index in [0.717, 1.165) is 13.2 Å². The number of carbonyl (C=O) groups is 1. The summed E-state index contributed by atoms with van der Waals surface area (Å²) in [5, 5.41) is 21.4. The van der Waals surface area contributed by atoms with Gasteiger partial charge in [0.25, 0.3) is 0 Å². The van der Waals surface area contributed by atoms with Crippen molar-refractivity contribution in [3.63, 3.8) is 0 Å². The van der Waals surface area contributed by atoms with Gasteiger partial charge in [0.05, 0.1) is 0 Å². The van der Waals surface area contributed by atoms with E-state index in [1.54, 1.807) is 7.05 Å².